The number of rotatable bonds is 0. The van der Waals surface area contributed by atoms with Crippen molar-refractivity contribution in [3.63, 3.8) is 0 Å². The summed E-state index contributed by atoms with van der Waals surface area (Å²) in [5, 5.41) is 3.14. The van der Waals surface area contributed by atoms with Crippen LogP contribution in [0.25, 0.3) is 0 Å². The van der Waals surface area contributed by atoms with Crippen LogP contribution in [0.1, 0.15) is 6.92 Å². The van der Waals surface area contributed by atoms with E-state index in [1.165, 1.54) is 4.90 Å². The van der Waals surface area contributed by atoms with Crippen LogP contribution in [0, 0.1) is 0 Å². The van der Waals surface area contributed by atoms with Crippen LogP contribution < -0.4 is 5.32 Å². The monoisotopic (exact) mass is 174 g/mol. The minimum absolute atomic E-state index is 0.0439. The van der Waals surface area contributed by atoms with Crippen molar-refractivity contribution in [2.75, 3.05) is 13.7 Å². The summed E-state index contributed by atoms with van der Waals surface area (Å²) in [5.74, 6) is 0. The minimum atomic E-state index is -0.364. The molecule has 62 valence electrons. The number of carbonyl (C=O) groups is 1. The van der Waals surface area contributed by atoms with Gasteiger partial charge in [-0.3, -0.25) is 0 Å². The third-order valence-corrected chi connectivity index (χ3v) is 1.92. The van der Waals surface area contributed by atoms with Gasteiger partial charge in [-0.25, -0.2) is 9.69 Å². The lowest BCUT2D eigenvalue weighted by atomic mass is 10.3. The summed E-state index contributed by atoms with van der Waals surface area (Å²) in [7, 11) is 1.68. The van der Waals surface area contributed by atoms with E-state index in [9.17, 15) is 4.79 Å². The maximum absolute atomic E-state index is 11.0. The Morgan fingerprint density at radius 2 is 2.55 bits per heavy atom. The van der Waals surface area contributed by atoms with E-state index in [1.54, 1.807) is 7.05 Å². The zero-order valence-corrected chi connectivity index (χ0v) is 7.27. The van der Waals surface area contributed by atoms with Crippen LogP contribution in [0.2, 0.25) is 0 Å². The van der Waals surface area contributed by atoms with Crippen LogP contribution in [0.4, 0.5) is 4.79 Å². The van der Waals surface area contributed by atoms with E-state index < -0.39 is 0 Å². The Morgan fingerprint density at radius 3 is 2.91 bits per heavy atom. The second kappa shape index (κ2) is 3.04. The van der Waals surface area contributed by atoms with Gasteiger partial charge in [-0.05, 0) is 19.1 Å². The van der Waals surface area contributed by atoms with Gasteiger partial charge < -0.3 is 10.1 Å². The van der Waals surface area contributed by atoms with Gasteiger partial charge in [0, 0.05) is 7.05 Å². The van der Waals surface area contributed by atoms with Gasteiger partial charge >= 0.3 is 6.09 Å². The molecule has 1 fully saturated rings. The molecular formula is C6H10N2O2S. The molecule has 1 rings (SSSR count). The first-order valence-corrected chi connectivity index (χ1v) is 3.75. The molecule has 0 aromatic rings. The summed E-state index contributed by atoms with van der Waals surface area (Å²) >= 11 is 4.88. The first-order valence-electron chi connectivity index (χ1n) is 3.34. The normalized spacial score (nSPS) is 23.3. The molecule has 1 aliphatic heterocycles. The van der Waals surface area contributed by atoms with Crippen molar-refractivity contribution in [1.29, 1.82) is 0 Å². The maximum Gasteiger partial charge on any atom is 0.416 e. The van der Waals surface area contributed by atoms with Gasteiger partial charge in [-0.2, -0.15) is 0 Å². The van der Waals surface area contributed by atoms with Gasteiger partial charge in [0.25, 0.3) is 0 Å². The molecule has 0 spiro atoms. The first kappa shape index (κ1) is 8.26. The van der Waals surface area contributed by atoms with E-state index in [0.717, 1.165) is 0 Å². The Balaban J connectivity index is 2.68. The first-order chi connectivity index (χ1) is 5.16. The van der Waals surface area contributed by atoms with E-state index in [-0.39, 0.29) is 12.1 Å². The molecule has 1 atom stereocenters. The Morgan fingerprint density at radius 1 is 1.91 bits per heavy atom. The van der Waals surface area contributed by atoms with E-state index in [4.69, 9.17) is 17.0 Å². The van der Waals surface area contributed by atoms with E-state index in [0.29, 0.717) is 11.7 Å². The minimum Gasteiger partial charge on any atom is -0.447 e. The Labute approximate surface area is 70.5 Å². The van der Waals surface area contributed by atoms with Crippen molar-refractivity contribution in [2.45, 2.75) is 13.0 Å². The highest BCUT2D eigenvalue weighted by atomic mass is 32.1. The molecule has 1 saturated heterocycles. The highest BCUT2D eigenvalue weighted by molar-refractivity contribution is 7.80. The van der Waals surface area contributed by atoms with Crippen LogP contribution in [0.3, 0.4) is 0 Å². The third kappa shape index (κ3) is 1.42. The molecule has 0 bridgehead atoms. The van der Waals surface area contributed by atoms with Gasteiger partial charge in [0.15, 0.2) is 5.11 Å². The second-order valence-electron chi connectivity index (χ2n) is 2.35. The molecule has 1 N–H and O–H groups in total. The fraction of sp³-hybridized carbons (Fsp3) is 0.667. The van der Waals surface area contributed by atoms with Crippen LogP contribution in [0.5, 0.6) is 0 Å². The van der Waals surface area contributed by atoms with Crippen molar-refractivity contribution in [1.82, 2.24) is 10.2 Å². The van der Waals surface area contributed by atoms with Gasteiger partial charge in [0.05, 0.1) is 6.04 Å². The quantitative estimate of drug-likeness (QED) is 0.537. The molecule has 11 heavy (non-hydrogen) atoms. The van der Waals surface area contributed by atoms with Crippen molar-refractivity contribution in [3.8, 4) is 0 Å². The van der Waals surface area contributed by atoms with Crippen LogP contribution in [-0.2, 0) is 4.74 Å². The van der Waals surface area contributed by atoms with Crippen LogP contribution in [-0.4, -0.2) is 35.8 Å². The predicted molar refractivity (Wildman–Crippen MR) is 44.3 cm³/mol. The number of hydrogen-bond acceptors (Lipinski definition) is 3. The maximum atomic E-state index is 11.0. The number of hydrogen-bond donors (Lipinski definition) is 1. The standard InChI is InChI=1S/C6H10N2O2S/c1-4-3-10-6(9)8(4)5(11)7-2/h4H,3H2,1-2H3,(H,7,11). The average molecular weight is 174 g/mol. The zero-order valence-electron chi connectivity index (χ0n) is 6.46. The lowest BCUT2D eigenvalue weighted by Crippen LogP contribution is -2.42. The van der Waals surface area contributed by atoms with Gasteiger partial charge in [0.2, 0.25) is 0 Å². The molecule has 0 radical (unpaired) electrons. The van der Waals surface area contributed by atoms with Crippen molar-refractivity contribution in [2.24, 2.45) is 0 Å². The highest BCUT2D eigenvalue weighted by Gasteiger charge is 2.31. The number of carbonyl (C=O) groups excluding carboxylic acids is 1. The summed E-state index contributed by atoms with van der Waals surface area (Å²) < 4.78 is 4.76. The molecule has 1 aliphatic rings. The van der Waals surface area contributed by atoms with Gasteiger partial charge in [-0.1, -0.05) is 0 Å². The number of ether oxygens (including phenoxy) is 1. The zero-order chi connectivity index (χ0) is 8.43. The van der Waals surface area contributed by atoms with E-state index in [1.807, 2.05) is 6.92 Å². The average Bonchev–Trinajstić information content (AvgIpc) is 2.30. The molecule has 0 aromatic heterocycles. The molecule has 4 nitrogen and oxygen atoms in total. The van der Waals surface area contributed by atoms with Gasteiger partial charge in [0.1, 0.15) is 6.61 Å². The molecule has 1 amide bonds. The molecular weight excluding hydrogens is 164 g/mol. The van der Waals surface area contributed by atoms with Crippen LogP contribution in [0.15, 0.2) is 0 Å². The SMILES string of the molecule is CNC(=S)N1C(=O)OCC1C. The summed E-state index contributed by atoms with van der Waals surface area (Å²) in [6.45, 7) is 2.30. The Kier molecular flexibility index (Phi) is 2.28. The lowest BCUT2D eigenvalue weighted by Gasteiger charge is -2.17. The second-order valence-corrected chi connectivity index (χ2v) is 2.74. The molecule has 0 saturated carbocycles. The van der Waals surface area contributed by atoms with Crippen LogP contribution >= 0.6 is 12.2 Å². The van der Waals surface area contributed by atoms with Crippen molar-refractivity contribution < 1.29 is 9.53 Å². The summed E-state index contributed by atoms with van der Waals surface area (Å²) in [4.78, 5) is 12.4. The highest BCUT2D eigenvalue weighted by Crippen LogP contribution is 2.11. The fourth-order valence-electron chi connectivity index (χ4n) is 0.919. The molecule has 1 heterocycles. The van der Waals surface area contributed by atoms with E-state index in [2.05, 4.69) is 5.32 Å². The smallest absolute Gasteiger partial charge is 0.416 e. The fourth-order valence-corrected chi connectivity index (χ4v) is 1.17. The largest absolute Gasteiger partial charge is 0.447 e. The summed E-state index contributed by atoms with van der Waals surface area (Å²) in [5.41, 5.74) is 0. The topological polar surface area (TPSA) is 41.6 Å². The molecule has 0 aromatic carbocycles. The molecule has 1 unspecified atom stereocenters. The third-order valence-electron chi connectivity index (χ3n) is 1.52. The number of nitrogens with one attached hydrogen (secondary N) is 1. The Bertz CT molecular complexity index is 195. The number of nitrogens with zero attached hydrogens (tertiary/aromatic N) is 1. The number of thiocarbonyl (C=S) groups is 1. The van der Waals surface area contributed by atoms with Crippen molar-refractivity contribution >= 4 is 23.4 Å². The Hall–Kier alpha value is -0.840. The van der Waals surface area contributed by atoms with E-state index >= 15 is 0 Å². The van der Waals surface area contributed by atoms with Gasteiger partial charge in [-0.15, -0.1) is 0 Å². The lowest BCUT2D eigenvalue weighted by molar-refractivity contribution is 0.168. The molecule has 5 heteroatoms. The predicted octanol–water partition coefficient (Wildman–Crippen LogP) is 0.331. The number of amides is 1. The summed E-state index contributed by atoms with van der Waals surface area (Å²) in [6, 6.07) is 0.0439. The van der Waals surface area contributed by atoms with Crippen molar-refractivity contribution in [3.05, 3.63) is 0 Å². The summed E-state index contributed by atoms with van der Waals surface area (Å²) in [6.07, 6.45) is -0.364. The number of cyclic esters (lactones) is 1. The molecule has 0 aliphatic carbocycles.